The molecule has 1 N–H and O–H groups in total. The van der Waals surface area contributed by atoms with Gasteiger partial charge >= 0.3 is 0 Å². The van der Waals surface area contributed by atoms with Crippen molar-refractivity contribution in [3.63, 3.8) is 0 Å². The summed E-state index contributed by atoms with van der Waals surface area (Å²) in [5.41, 5.74) is 0. The maximum atomic E-state index is 11.9. The topological polar surface area (TPSA) is 41.6 Å². The fourth-order valence-electron chi connectivity index (χ4n) is 2.16. The van der Waals surface area contributed by atoms with Crippen molar-refractivity contribution in [2.45, 2.75) is 45.6 Å². The highest BCUT2D eigenvalue weighted by Gasteiger charge is 2.16. The Kier molecular flexibility index (Phi) is 10.4. The molecule has 0 bridgehead atoms. The van der Waals surface area contributed by atoms with Gasteiger partial charge in [-0.3, -0.25) is 4.79 Å². The van der Waals surface area contributed by atoms with Crippen molar-refractivity contribution in [2.24, 2.45) is 0 Å². The third-order valence-corrected chi connectivity index (χ3v) is 3.01. The summed E-state index contributed by atoms with van der Waals surface area (Å²) in [6.07, 6.45) is 4.63. The summed E-state index contributed by atoms with van der Waals surface area (Å²) >= 11 is 0. The number of halogens is 1. The summed E-state index contributed by atoms with van der Waals surface area (Å²) < 4.78 is 5.50. The summed E-state index contributed by atoms with van der Waals surface area (Å²) in [7, 11) is 0. The van der Waals surface area contributed by atoms with E-state index in [4.69, 9.17) is 4.74 Å². The van der Waals surface area contributed by atoms with E-state index in [2.05, 4.69) is 19.2 Å². The highest BCUT2D eigenvalue weighted by atomic mass is 35.5. The first-order valence-electron chi connectivity index (χ1n) is 6.88. The maximum absolute atomic E-state index is 11.9. The molecule has 1 saturated heterocycles. The van der Waals surface area contributed by atoms with Crippen molar-refractivity contribution in [1.82, 2.24) is 10.2 Å². The predicted octanol–water partition coefficient (Wildman–Crippen LogP) is 1.83. The summed E-state index contributed by atoms with van der Waals surface area (Å²) in [6.45, 7) is 8.07. The summed E-state index contributed by atoms with van der Waals surface area (Å²) in [5.74, 6) is 0.215. The molecular weight excluding hydrogens is 252 g/mol. The van der Waals surface area contributed by atoms with Gasteiger partial charge in [0, 0.05) is 26.2 Å². The third kappa shape index (κ3) is 6.57. The predicted molar refractivity (Wildman–Crippen MR) is 76.3 cm³/mol. The second-order valence-corrected chi connectivity index (χ2v) is 4.65. The zero-order valence-electron chi connectivity index (χ0n) is 11.6. The van der Waals surface area contributed by atoms with Gasteiger partial charge in [-0.15, -0.1) is 12.4 Å². The molecule has 4 nitrogen and oxygen atoms in total. The van der Waals surface area contributed by atoms with Crippen LogP contribution in [0.4, 0.5) is 0 Å². The molecule has 0 spiro atoms. The summed E-state index contributed by atoms with van der Waals surface area (Å²) in [5, 5.41) is 3.21. The molecule has 1 atom stereocenters. The highest BCUT2D eigenvalue weighted by molar-refractivity contribution is 5.85. The Labute approximate surface area is 117 Å². The number of carbonyl (C=O) groups is 1. The normalized spacial score (nSPS) is 18.4. The second-order valence-electron chi connectivity index (χ2n) is 4.65. The molecule has 0 aliphatic carbocycles. The lowest BCUT2D eigenvalue weighted by Gasteiger charge is -2.22. The Morgan fingerprint density at radius 2 is 2.00 bits per heavy atom. The van der Waals surface area contributed by atoms with E-state index in [1.165, 1.54) is 0 Å². The molecule has 1 aliphatic rings. The highest BCUT2D eigenvalue weighted by Crippen LogP contribution is 2.10. The molecule has 108 valence electrons. The number of carbonyl (C=O) groups excluding carboxylic acids is 1. The van der Waals surface area contributed by atoms with Gasteiger partial charge < -0.3 is 15.0 Å². The number of amides is 1. The molecule has 1 heterocycles. The van der Waals surface area contributed by atoms with Crippen LogP contribution < -0.4 is 5.32 Å². The van der Waals surface area contributed by atoms with Crippen LogP contribution in [0.5, 0.6) is 0 Å². The van der Waals surface area contributed by atoms with E-state index in [0.29, 0.717) is 12.6 Å². The van der Waals surface area contributed by atoms with Crippen LogP contribution in [0.2, 0.25) is 0 Å². The molecule has 18 heavy (non-hydrogen) atoms. The zero-order valence-corrected chi connectivity index (χ0v) is 12.4. The van der Waals surface area contributed by atoms with Crippen LogP contribution in [0.3, 0.4) is 0 Å². The molecule has 0 radical (unpaired) electrons. The molecule has 0 aromatic carbocycles. The molecule has 0 aromatic heterocycles. The number of nitrogens with zero attached hydrogens (tertiary/aromatic N) is 1. The van der Waals surface area contributed by atoms with Gasteiger partial charge in [0.1, 0.15) is 0 Å². The van der Waals surface area contributed by atoms with Crippen LogP contribution >= 0.6 is 12.4 Å². The van der Waals surface area contributed by atoms with E-state index in [1.807, 2.05) is 4.90 Å². The van der Waals surface area contributed by atoms with Crippen molar-refractivity contribution in [3.05, 3.63) is 0 Å². The lowest BCUT2D eigenvalue weighted by atomic mass is 10.2. The van der Waals surface area contributed by atoms with Gasteiger partial charge in [-0.2, -0.15) is 0 Å². The molecule has 5 heteroatoms. The van der Waals surface area contributed by atoms with Crippen molar-refractivity contribution in [2.75, 3.05) is 32.8 Å². The first kappa shape index (κ1) is 17.7. The standard InChI is InChI=1S/C13H26N2O2.ClH/c1-3-7-15(8-4-2)13(16)11-14-10-12-6-5-9-17-12;/h12,14H,3-11H2,1-2H3;1H. The van der Waals surface area contributed by atoms with Crippen LogP contribution in [-0.2, 0) is 9.53 Å². The molecule has 1 fully saturated rings. The van der Waals surface area contributed by atoms with Gasteiger partial charge in [0.25, 0.3) is 0 Å². The summed E-state index contributed by atoms with van der Waals surface area (Å²) in [4.78, 5) is 13.9. The van der Waals surface area contributed by atoms with E-state index in [-0.39, 0.29) is 18.3 Å². The van der Waals surface area contributed by atoms with Crippen LogP contribution in [0.1, 0.15) is 39.5 Å². The van der Waals surface area contributed by atoms with Gasteiger partial charge in [-0.05, 0) is 25.7 Å². The minimum Gasteiger partial charge on any atom is -0.377 e. The summed E-state index contributed by atoms with van der Waals surface area (Å²) in [6, 6.07) is 0. The Morgan fingerprint density at radius 3 is 2.50 bits per heavy atom. The number of ether oxygens (including phenoxy) is 1. The average Bonchev–Trinajstić information content (AvgIpc) is 2.81. The molecule has 0 aromatic rings. The molecule has 1 aliphatic heterocycles. The average molecular weight is 279 g/mol. The van der Waals surface area contributed by atoms with E-state index >= 15 is 0 Å². The smallest absolute Gasteiger partial charge is 0.236 e. The van der Waals surface area contributed by atoms with Crippen LogP contribution in [0.25, 0.3) is 0 Å². The number of hydrogen-bond donors (Lipinski definition) is 1. The van der Waals surface area contributed by atoms with E-state index in [9.17, 15) is 4.79 Å². The van der Waals surface area contributed by atoms with Crippen LogP contribution in [-0.4, -0.2) is 49.7 Å². The lowest BCUT2D eigenvalue weighted by Crippen LogP contribution is -2.41. The molecule has 0 saturated carbocycles. The number of nitrogens with one attached hydrogen (secondary N) is 1. The maximum Gasteiger partial charge on any atom is 0.236 e. The van der Waals surface area contributed by atoms with E-state index in [1.54, 1.807) is 0 Å². The van der Waals surface area contributed by atoms with Gasteiger partial charge in [-0.1, -0.05) is 13.8 Å². The van der Waals surface area contributed by atoms with Gasteiger partial charge in [-0.25, -0.2) is 0 Å². The van der Waals surface area contributed by atoms with Gasteiger partial charge in [0.2, 0.25) is 5.91 Å². The van der Waals surface area contributed by atoms with E-state index in [0.717, 1.165) is 51.9 Å². The Bertz CT molecular complexity index is 215. The number of rotatable bonds is 8. The Morgan fingerprint density at radius 1 is 1.33 bits per heavy atom. The minimum absolute atomic E-state index is 0. The fourth-order valence-corrected chi connectivity index (χ4v) is 2.16. The van der Waals surface area contributed by atoms with Crippen molar-refractivity contribution < 1.29 is 9.53 Å². The minimum atomic E-state index is 0. The first-order chi connectivity index (χ1) is 8.27. The van der Waals surface area contributed by atoms with Gasteiger partial charge in [0.15, 0.2) is 0 Å². The number of hydrogen-bond acceptors (Lipinski definition) is 3. The molecule has 1 amide bonds. The van der Waals surface area contributed by atoms with Crippen molar-refractivity contribution >= 4 is 18.3 Å². The first-order valence-corrected chi connectivity index (χ1v) is 6.88. The van der Waals surface area contributed by atoms with Crippen molar-refractivity contribution in [1.29, 1.82) is 0 Å². The zero-order chi connectivity index (χ0) is 12.5. The lowest BCUT2D eigenvalue weighted by molar-refractivity contribution is -0.130. The van der Waals surface area contributed by atoms with E-state index < -0.39 is 0 Å². The molecular formula is C13H27ClN2O2. The van der Waals surface area contributed by atoms with Crippen LogP contribution in [0.15, 0.2) is 0 Å². The van der Waals surface area contributed by atoms with Gasteiger partial charge in [0.05, 0.1) is 12.6 Å². The Hall–Kier alpha value is -0.320. The second kappa shape index (κ2) is 10.6. The monoisotopic (exact) mass is 278 g/mol. The quantitative estimate of drug-likeness (QED) is 0.736. The van der Waals surface area contributed by atoms with Crippen molar-refractivity contribution in [3.8, 4) is 0 Å². The van der Waals surface area contributed by atoms with Crippen LogP contribution in [0, 0.1) is 0 Å². The largest absolute Gasteiger partial charge is 0.377 e. The third-order valence-electron chi connectivity index (χ3n) is 3.01. The Balaban J connectivity index is 0.00000289. The molecule has 1 rings (SSSR count). The fraction of sp³-hybridized carbons (Fsp3) is 0.923. The SMILES string of the molecule is CCCN(CCC)C(=O)CNCC1CCCO1.Cl. The molecule has 1 unspecified atom stereocenters.